The normalized spacial score (nSPS) is 13.3. The molecule has 0 spiro atoms. The lowest BCUT2D eigenvalue weighted by Crippen LogP contribution is -2.41. The van der Waals surface area contributed by atoms with Gasteiger partial charge in [-0.1, -0.05) is 29.3 Å². The van der Waals surface area contributed by atoms with Crippen molar-refractivity contribution in [2.45, 2.75) is 18.3 Å². The molecular formula is C23H14BrCl2F7N4O. The molecule has 1 heterocycles. The first-order valence-corrected chi connectivity index (χ1v) is 11.8. The standard InChI is InChI=1S/C23H14BrCl2F7N4O/c1-37(21-34-5-2-6-35-21)36-20(38)13-4-3-11(7-15(13)23(31,32)33)18(27)10-14(22(28,29)30)12-8-16(24)19(26)17(25)9-12/h2-10,14H,1H3,(H,36,38)/b18-10-. The maximum Gasteiger partial charge on any atom is 0.417 e. The number of aromatic nitrogens is 2. The largest absolute Gasteiger partial charge is 0.417 e. The van der Waals surface area contributed by atoms with E-state index in [2.05, 4.69) is 31.3 Å². The van der Waals surface area contributed by atoms with E-state index in [0.717, 1.165) is 23.2 Å². The number of anilines is 1. The maximum absolute atomic E-state index is 15.0. The smallest absolute Gasteiger partial charge is 0.267 e. The highest BCUT2D eigenvalue weighted by Crippen LogP contribution is 2.43. The number of hydrogen-bond acceptors (Lipinski definition) is 4. The summed E-state index contributed by atoms with van der Waals surface area (Å²) in [7, 11) is 1.27. The Balaban J connectivity index is 2.01. The van der Waals surface area contributed by atoms with Crippen molar-refractivity contribution in [1.29, 1.82) is 0 Å². The quantitative estimate of drug-likeness (QED) is 0.168. The highest BCUT2D eigenvalue weighted by Gasteiger charge is 2.41. The highest BCUT2D eigenvalue weighted by atomic mass is 79.9. The summed E-state index contributed by atoms with van der Waals surface area (Å²) in [5.74, 6) is -5.46. The zero-order valence-corrected chi connectivity index (χ0v) is 21.9. The summed E-state index contributed by atoms with van der Waals surface area (Å²) < 4.78 is 97.8. The number of nitrogens with zero attached hydrogens (tertiary/aromatic N) is 3. The molecule has 0 saturated carbocycles. The molecule has 1 aromatic heterocycles. The Kier molecular flexibility index (Phi) is 8.94. The minimum Gasteiger partial charge on any atom is -0.267 e. The highest BCUT2D eigenvalue weighted by molar-refractivity contribution is 9.10. The van der Waals surface area contributed by atoms with Crippen LogP contribution in [-0.2, 0) is 6.18 Å². The summed E-state index contributed by atoms with van der Waals surface area (Å²) in [6.45, 7) is 0. The number of carbonyl (C=O) groups is 1. The summed E-state index contributed by atoms with van der Waals surface area (Å²) in [5.41, 5.74) is -1.67. The number of alkyl halides is 6. The van der Waals surface area contributed by atoms with Crippen LogP contribution in [0.3, 0.4) is 0 Å². The van der Waals surface area contributed by atoms with E-state index < -0.39 is 52.3 Å². The minimum atomic E-state index is -5.15. The fourth-order valence-corrected chi connectivity index (χ4v) is 4.16. The molecule has 1 N–H and O–H groups in total. The Hall–Kier alpha value is -2.90. The molecule has 0 bridgehead atoms. The van der Waals surface area contributed by atoms with Crippen molar-refractivity contribution in [2.75, 3.05) is 12.1 Å². The van der Waals surface area contributed by atoms with E-state index in [0.29, 0.717) is 6.07 Å². The van der Waals surface area contributed by atoms with E-state index in [-0.39, 0.29) is 32.6 Å². The van der Waals surface area contributed by atoms with Gasteiger partial charge in [0.05, 0.1) is 21.2 Å². The van der Waals surface area contributed by atoms with Crippen molar-refractivity contribution in [2.24, 2.45) is 0 Å². The van der Waals surface area contributed by atoms with Crippen LogP contribution in [0.5, 0.6) is 0 Å². The number of allylic oxidation sites excluding steroid dienone is 1. The zero-order chi connectivity index (χ0) is 28.4. The molecule has 0 saturated heterocycles. The lowest BCUT2D eigenvalue weighted by atomic mass is 9.95. The number of carbonyl (C=O) groups excluding carboxylic acids is 1. The van der Waals surface area contributed by atoms with Gasteiger partial charge < -0.3 is 0 Å². The Labute approximate surface area is 229 Å². The van der Waals surface area contributed by atoms with Gasteiger partial charge in [0.25, 0.3) is 5.91 Å². The van der Waals surface area contributed by atoms with Gasteiger partial charge >= 0.3 is 12.4 Å². The molecule has 1 atom stereocenters. The van der Waals surface area contributed by atoms with E-state index in [1.165, 1.54) is 25.5 Å². The third-order valence-corrected chi connectivity index (χ3v) is 6.65. The van der Waals surface area contributed by atoms with Gasteiger partial charge in [0.2, 0.25) is 5.95 Å². The number of amides is 1. The predicted molar refractivity (Wildman–Crippen MR) is 131 cm³/mol. The van der Waals surface area contributed by atoms with Crippen LogP contribution in [0.4, 0.5) is 36.7 Å². The number of nitrogens with one attached hydrogen (secondary N) is 1. The Morgan fingerprint density at radius 1 is 1.08 bits per heavy atom. The van der Waals surface area contributed by atoms with Gasteiger partial charge in [0.15, 0.2) is 0 Å². The molecule has 0 aliphatic heterocycles. The van der Waals surface area contributed by atoms with Gasteiger partial charge in [-0.2, -0.15) is 26.3 Å². The molecule has 0 fully saturated rings. The second-order valence-electron chi connectivity index (χ2n) is 7.64. The summed E-state index contributed by atoms with van der Waals surface area (Å²) in [6, 6.07) is 4.98. The van der Waals surface area contributed by atoms with Gasteiger partial charge in [0.1, 0.15) is 11.7 Å². The van der Waals surface area contributed by atoms with Crippen LogP contribution in [0.1, 0.15) is 33.0 Å². The Morgan fingerprint density at radius 2 is 1.71 bits per heavy atom. The van der Waals surface area contributed by atoms with Crippen molar-refractivity contribution < 1.29 is 35.5 Å². The molecule has 202 valence electrons. The lowest BCUT2D eigenvalue weighted by Gasteiger charge is -2.20. The molecule has 0 aliphatic rings. The second kappa shape index (κ2) is 11.5. The van der Waals surface area contributed by atoms with Crippen molar-refractivity contribution in [3.8, 4) is 0 Å². The van der Waals surface area contributed by atoms with Crippen LogP contribution in [0.25, 0.3) is 5.83 Å². The average molecular weight is 646 g/mol. The number of rotatable bonds is 6. The van der Waals surface area contributed by atoms with Crippen LogP contribution in [0, 0.1) is 0 Å². The number of benzene rings is 2. The molecule has 0 radical (unpaired) electrons. The molecule has 3 rings (SSSR count). The monoisotopic (exact) mass is 644 g/mol. The molecule has 1 amide bonds. The van der Waals surface area contributed by atoms with Crippen molar-refractivity contribution >= 4 is 56.8 Å². The van der Waals surface area contributed by atoms with Crippen LogP contribution in [0.15, 0.2) is 59.3 Å². The first-order valence-electron chi connectivity index (χ1n) is 10.2. The third kappa shape index (κ3) is 6.94. The minimum absolute atomic E-state index is 0.00492. The first kappa shape index (κ1) is 29.7. The molecule has 2 aromatic carbocycles. The Bertz CT molecular complexity index is 1350. The molecule has 3 aromatic rings. The molecular weight excluding hydrogens is 632 g/mol. The van der Waals surface area contributed by atoms with Crippen LogP contribution in [0.2, 0.25) is 10.0 Å². The van der Waals surface area contributed by atoms with Crippen LogP contribution >= 0.6 is 39.1 Å². The summed E-state index contributed by atoms with van der Waals surface area (Å²) in [6.07, 6.45) is -7.41. The second-order valence-corrected chi connectivity index (χ2v) is 9.28. The van der Waals surface area contributed by atoms with E-state index in [1.54, 1.807) is 0 Å². The van der Waals surface area contributed by atoms with E-state index in [4.69, 9.17) is 23.2 Å². The van der Waals surface area contributed by atoms with Gasteiger partial charge in [-0.3, -0.25) is 15.2 Å². The van der Waals surface area contributed by atoms with Gasteiger partial charge in [0, 0.05) is 29.5 Å². The van der Waals surface area contributed by atoms with Crippen LogP contribution in [-0.4, -0.2) is 29.1 Å². The van der Waals surface area contributed by atoms with Gasteiger partial charge in [-0.05, 0) is 57.9 Å². The summed E-state index contributed by atoms with van der Waals surface area (Å²) >= 11 is 14.6. The van der Waals surface area contributed by atoms with Crippen molar-refractivity contribution in [1.82, 2.24) is 15.4 Å². The number of hydrazine groups is 1. The van der Waals surface area contributed by atoms with Gasteiger partial charge in [-0.15, -0.1) is 0 Å². The molecule has 5 nitrogen and oxygen atoms in total. The molecule has 1 unspecified atom stereocenters. The topological polar surface area (TPSA) is 58.1 Å². The molecule has 38 heavy (non-hydrogen) atoms. The fourth-order valence-electron chi connectivity index (χ4n) is 3.23. The summed E-state index contributed by atoms with van der Waals surface area (Å²) in [4.78, 5) is 20.2. The van der Waals surface area contributed by atoms with Crippen molar-refractivity contribution in [3.63, 3.8) is 0 Å². The summed E-state index contributed by atoms with van der Waals surface area (Å²) in [5, 5.41) is 0.633. The molecule has 0 aliphatic carbocycles. The maximum atomic E-state index is 15.0. The first-order chi connectivity index (χ1) is 17.6. The molecule has 15 heteroatoms. The SMILES string of the molecule is CN(NC(=O)c1ccc(/C(F)=C/C(c2cc(Cl)c(Cl)c(Br)c2)C(F)(F)F)cc1C(F)(F)F)c1ncccn1. The van der Waals surface area contributed by atoms with Gasteiger partial charge in [-0.25, -0.2) is 14.4 Å². The van der Waals surface area contributed by atoms with Crippen molar-refractivity contribution in [3.05, 3.63) is 91.6 Å². The number of halogens is 10. The third-order valence-electron chi connectivity index (χ3n) is 5.00. The fraction of sp³-hybridized carbons (Fsp3) is 0.174. The lowest BCUT2D eigenvalue weighted by molar-refractivity contribution is -0.140. The Morgan fingerprint density at radius 3 is 2.26 bits per heavy atom. The number of hydrogen-bond donors (Lipinski definition) is 1. The predicted octanol–water partition coefficient (Wildman–Crippen LogP) is 8.00. The zero-order valence-electron chi connectivity index (χ0n) is 18.8. The van der Waals surface area contributed by atoms with Crippen LogP contribution < -0.4 is 10.4 Å². The van der Waals surface area contributed by atoms with E-state index in [1.807, 2.05) is 0 Å². The van der Waals surface area contributed by atoms with E-state index in [9.17, 15) is 31.1 Å². The van der Waals surface area contributed by atoms with E-state index >= 15 is 4.39 Å². The average Bonchev–Trinajstić information content (AvgIpc) is 2.84.